The van der Waals surface area contributed by atoms with Crippen LogP contribution in [0.1, 0.15) is 44.2 Å². The van der Waals surface area contributed by atoms with Crippen molar-refractivity contribution in [2.75, 3.05) is 6.54 Å². The summed E-state index contributed by atoms with van der Waals surface area (Å²) in [6.07, 6.45) is 3.09. The molecular formula is C18H23N3O3. The molecule has 0 saturated carbocycles. The molecule has 0 unspecified atom stereocenters. The van der Waals surface area contributed by atoms with Crippen molar-refractivity contribution >= 4 is 17.8 Å². The Morgan fingerprint density at radius 2 is 2.12 bits per heavy atom. The molecule has 6 nitrogen and oxygen atoms in total. The van der Waals surface area contributed by atoms with Crippen LogP contribution in [0.25, 0.3) is 0 Å². The van der Waals surface area contributed by atoms with Gasteiger partial charge in [0.05, 0.1) is 0 Å². The highest BCUT2D eigenvalue weighted by Crippen LogP contribution is 2.39. The lowest BCUT2D eigenvalue weighted by Crippen LogP contribution is -2.47. The quantitative estimate of drug-likeness (QED) is 0.825. The van der Waals surface area contributed by atoms with E-state index >= 15 is 0 Å². The van der Waals surface area contributed by atoms with Gasteiger partial charge < -0.3 is 10.6 Å². The molecule has 2 N–H and O–H groups in total. The summed E-state index contributed by atoms with van der Waals surface area (Å²) in [5, 5.41) is 5.65. The molecule has 1 aliphatic carbocycles. The summed E-state index contributed by atoms with van der Waals surface area (Å²) >= 11 is 0. The number of aryl methyl sites for hydroxylation is 1. The molecule has 1 fully saturated rings. The van der Waals surface area contributed by atoms with E-state index in [1.54, 1.807) is 0 Å². The van der Waals surface area contributed by atoms with Crippen LogP contribution in [0.3, 0.4) is 0 Å². The zero-order valence-corrected chi connectivity index (χ0v) is 14.1. The fraction of sp³-hybridized carbons (Fsp3) is 0.500. The summed E-state index contributed by atoms with van der Waals surface area (Å²) in [5.74, 6) is -0.632. The van der Waals surface area contributed by atoms with Crippen molar-refractivity contribution in [1.82, 2.24) is 15.5 Å². The molecule has 0 aromatic heterocycles. The van der Waals surface area contributed by atoms with Crippen LogP contribution in [-0.2, 0) is 21.5 Å². The van der Waals surface area contributed by atoms with Gasteiger partial charge in [-0.3, -0.25) is 14.5 Å². The monoisotopic (exact) mass is 329 g/mol. The molecule has 2 aliphatic rings. The molecule has 128 valence electrons. The molecule has 6 heteroatoms. The lowest BCUT2D eigenvalue weighted by molar-refractivity contribution is -0.135. The summed E-state index contributed by atoms with van der Waals surface area (Å²) < 4.78 is 0. The second-order valence-corrected chi connectivity index (χ2v) is 6.61. The van der Waals surface area contributed by atoms with Crippen LogP contribution in [0.15, 0.2) is 24.3 Å². The zero-order valence-electron chi connectivity index (χ0n) is 14.1. The van der Waals surface area contributed by atoms with Gasteiger partial charge in [0.2, 0.25) is 5.91 Å². The van der Waals surface area contributed by atoms with E-state index < -0.39 is 11.6 Å². The molecule has 0 radical (unpaired) electrons. The number of urea groups is 1. The SMILES string of the molecule is CC[C@@H](C)NC(=O)CN1C(=O)N[C@@]2(CCCc3ccccc32)C1=O. The summed E-state index contributed by atoms with van der Waals surface area (Å²) in [6.45, 7) is 3.62. The standard InChI is InChI=1S/C18H23N3O3/c1-3-12(2)19-15(22)11-21-16(23)18(20-17(21)24)10-6-8-13-7-4-5-9-14(13)18/h4-5,7,9,12H,3,6,8,10-11H2,1-2H3,(H,19,22)(H,20,24)/t12-,18-/m1/s1. The number of carbonyl (C=O) groups excluding carboxylic acids is 3. The second kappa shape index (κ2) is 6.26. The van der Waals surface area contributed by atoms with Gasteiger partial charge in [0.1, 0.15) is 12.1 Å². The van der Waals surface area contributed by atoms with Crippen LogP contribution in [0.4, 0.5) is 4.79 Å². The first-order valence-electron chi connectivity index (χ1n) is 8.50. The third-order valence-electron chi connectivity index (χ3n) is 4.97. The van der Waals surface area contributed by atoms with Crippen LogP contribution in [0.2, 0.25) is 0 Å². The van der Waals surface area contributed by atoms with Gasteiger partial charge in [-0.15, -0.1) is 0 Å². The fourth-order valence-electron chi connectivity index (χ4n) is 3.52. The number of hydrogen-bond acceptors (Lipinski definition) is 3. The van der Waals surface area contributed by atoms with Crippen molar-refractivity contribution in [3.8, 4) is 0 Å². The number of fused-ring (bicyclic) bond motifs is 2. The molecule has 3 rings (SSSR count). The van der Waals surface area contributed by atoms with Crippen molar-refractivity contribution in [2.24, 2.45) is 0 Å². The highest BCUT2D eigenvalue weighted by molar-refractivity contribution is 6.09. The van der Waals surface area contributed by atoms with Crippen LogP contribution in [0.5, 0.6) is 0 Å². The number of hydrogen-bond donors (Lipinski definition) is 2. The lowest BCUT2D eigenvalue weighted by Gasteiger charge is -2.33. The first-order chi connectivity index (χ1) is 11.5. The minimum Gasteiger partial charge on any atom is -0.352 e. The molecule has 1 aromatic carbocycles. The molecule has 24 heavy (non-hydrogen) atoms. The van der Waals surface area contributed by atoms with E-state index in [4.69, 9.17) is 0 Å². The van der Waals surface area contributed by atoms with E-state index in [-0.39, 0.29) is 24.4 Å². The van der Waals surface area contributed by atoms with Gasteiger partial charge in [0, 0.05) is 6.04 Å². The van der Waals surface area contributed by atoms with Crippen molar-refractivity contribution < 1.29 is 14.4 Å². The van der Waals surface area contributed by atoms with E-state index in [1.807, 2.05) is 38.1 Å². The Bertz CT molecular complexity index is 688. The van der Waals surface area contributed by atoms with Gasteiger partial charge in [-0.2, -0.15) is 0 Å². The number of rotatable bonds is 4. The topological polar surface area (TPSA) is 78.5 Å². The molecular weight excluding hydrogens is 306 g/mol. The molecule has 1 aliphatic heterocycles. The smallest absolute Gasteiger partial charge is 0.325 e. The van der Waals surface area contributed by atoms with Crippen LogP contribution >= 0.6 is 0 Å². The highest BCUT2D eigenvalue weighted by Gasteiger charge is 2.54. The number of amides is 4. The van der Waals surface area contributed by atoms with Gasteiger partial charge in [-0.05, 0) is 43.7 Å². The summed E-state index contributed by atoms with van der Waals surface area (Å²) in [7, 11) is 0. The van der Waals surface area contributed by atoms with E-state index in [0.29, 0.717) is 6.42 Å². The van der Waals surface area contributed by atoms with Crippen LogP contribution in [-0.4, -0.2) is 35.3 Å². The Morgan fingerprint density at radius 3 is 2.88 bits per heavy atom. The molecule has 1 aromatic rings. The third kappa shape index (κ3) is 2.66. The first-order valence-corrected chi connectivity index (χ1v) is 8.50. The Balaban J connectivity index is 1.84. The Hall–Kier alpha value is -2.37. The minimum atomic E-state index is -1.01. The normalized spacial score (nSPS) is 23.8. The average Bonchev–Trinajstić information content (AvgIpc) is 2.80. The molecule has 2 atom stereocenters. The number of benzene rings is 1. The van der Waals surface area contributed by atoms with Crippen molar-refractivity contribution in [2.45, 2.75) is 51.1 Å². The van der Waals surface area contributed by atoms with Crippen molar-refractivity contribution in [3.05, 3.63) is 35.4 Å². The van der Waals surface area contributed by atoms with E-state index in [0.717, 1.165) is 35.3 Å². The summed E-state index contributed by atoms with van der Waals surface area (Å²) in [5.41, 5.74) is 0.936. The Morgan fingerprint density at radius 1 is 1.38 bits per heavy atom. The number of imide groups is 1. The zero-order chi connectivity index (χ0) is 17.3. The van der Waals surface area contributed by atoms with Gasteiger partial charge in [-0.25, -0.2) is 4.79 Å². The van der Waals surface area contributed by atoms with Gasteiger partial charge in [-0.1, -0.05) is 31.2 Å². The van der Waals surface area contributed by atoms with Crippen molar-refractivity contribution in [1.29, 1.82) is 0 Å². The predicted molar refractivity (Wildman–Crippen MR) is 89.2 cm³/mol. The number of nitrogens with zero attached hydrogens (tertiary/aromatic N) is 1. The minimum absolute atomic E-state index is 0.0163. The Labute approximate surface area is 141 Å². The summed E-state index contributed by atoms with van der Waals surface area (Å²) in [6, 6.07) is 7.24. The van der Waals surface area contributed by atoms with Gasteiger partial charge >= 0.3 is 6.03 Å². The maximum atomic E-state index is 13.0. The summed E-state index contributed by atoms with van der Waals surface area (Å²) in [4.78, 5) is 38.5. The molecule has 1 saturated heterocycles. The average molecular weight is 329 g/mol. The van der Waals surface area contributed by atoms with E-state index in [1.165, 1.54) is 0 Å². The highest BCUT2D eigenvalue weighted by atomic mass is 16.2. The van der Waals surface area contributed by atoms with E-state index in [2.05, 4.69) is 10.6 Å². The predicted octanol–water partition coefficient (Wildman–Crippen LogP) is 1.68. The van der Waals surface area contributed by atoms with Gasteiger partial charge in [0.25, 0.3) is 5.91 Å². The lowest BCUT2D eigenvalue weighted by atomic mass is 9.76. The first kappa shape index (κ1) is 16.5. The second-order valence-electron chi connectivity index (χ2n) is 6.61. The molecule has 0 bridgehead atoms. The van der Waals surface area contributed by atoms with Crippen LogP contribution < -0.4 is 10.6 Å². The third-order valence-corrected chi connectivity index (χ3v) is 4.97. The maximum Gasteiger partial charge on any atom is 0.325 e. The number of nitrogens with one attached hydrogen (secondary N) is 2. The number of carbonyl (C=O) groups is 3. The van der Waals surface area contributed by atoms with Crippen molar-refractivity contribution in [3.63, 3.8) is 0 Å². The van der Waals surface area contributed by atoms with E-state index in [9.17, 15) is 14.4 Å². The molecule has 1 spiro atoms. The Kier molecular flexibility index (Phi) is 4.30. The maximum absolute atomic E-state index is 13.0. The van der Waals surface area contributed by atoms with Gasteiger partial charge in [0.15, 0.2) is 0 Å². The molecule has 1 heterocycles. The fourth-order valence-corrected chi connectivity index (χ4v) is 3.52. The largest absolute Gasteiger partial charge is 0.352 e. The molecule has 4 amide bonds. The van der Waals surface area contributed by atoms with Crippen LogP contribution in [0, 0.1) is 0 Å².